The van der Waals surface area contributed by atoms with Gasteiger partial charge in [-0.25, -0.2) is 4.98 Å². The summed E-state index contributed by atoms with van der Waals surface area (Å²) in [6.45, 7) is 1.74. The first-order chi connectivity index (χ1) is 11.0. The number of fused-ring (bicyclic) bond motifs is 1. The maximum absolute atomic E-state index is 12.4. The third-order valence-corrected chi connectivity index (χ3v) is 4.53. The molecule has 0 amide bonds. The van der Waals surface area contributed by atoms with Crippen molar-refractivity contribution in [2.75, 3.05) is 0 Å². The van der Waals surface area contributed by atoms with Crippen LogP contribution in [0.1, 0.15) is 37.3 Å². The van der Waals surface area contributed by atoms with Crippen LogP contribution in [0.3, 0.4) is 0 Å². The summed E-state index contributed by atoms with van der Waals surface area (Å²) in [5.41, 5.74) is 6.37. The molecule has 1 fully saturated rings. The normalized spacial score (nSPS) is 16.5. The van der Waals surface area contributed by atoms with Gasteiger partial charge in [0.1, 0.15) is 17.5 Å². The average molecular weight is 352 g/mol. The fraction of sp³-hybridized carbons (Fsp3) is 0.467. The lowest BCUT2D eigenvalue weighted by molar-refractivity contribution is 0.372. The van der Waals surface area contributed by atoms with E-state index in [9.17, 15) is 4.79 Å². The van der Waals surface area contributed by atoms with E-state index in [2.05, 4.69) is 15.1 Å². The number of aromatic nitrogens is 4. The summed E-state index contributed by atoms with van der Waals surface area (Å²) in [4.78, 5) is 21.0. The van der Waals surface area contributed by atoms with Gasteiger partial charge in [-0.1, -0.05) is 18.0 Å². The van der Waals surface area contributed by atoms with Crippen molar-refractivity contribution in [1.82, 2.24) is 19.7 Å². The molecular formula is C15H18ClN5O3. The molecule has 24 heavy (non-hydrogen) atoms. The monoisotopic (exact) mass is 351 g/mol. The predicted molar refractivity (Wildman–Crippen MR) is 88.9 cm³/mol. The topological polar surface area (TPSA) is 113 Å². The van der Waals surface area contributed by atoms with Crippen molar-refractivity contribution in [3.05, 3.63) is 28.3 Å². The minimum absolute atomic E-state index is 0. The second-order valence-electron chi connectivity index (χ2n) is 6.16. The Morgan fingerprint density at radius 1 is 1.33 bits per heavy atom. The van der Waals surface area contributed by atoms with Crippen LogP contribution in [0.4, 0.5) is 0 Å². The Morgan fingerprint density at radius 3 is 2.75 bits per heavy atom. The van der Waals surface area contributed by atoms with E-state index in [-0.39, 0.29) is 29.6 Å². The van der Waals surface area contributed by atoms with Crippen molar-refractivity contribution in [3.8, 4) is 11.5 Å². The van der Waals surface area contributed by atoms with E-state index in [0.717, 1.165) is 25.7 Å². The second kappa shape index (κ2) is 5.71. The van der Waals surface area contributed by atoms with Gasteiger partial charge in [0.05, 0.1) is 11.1 Å². The molecule has 2 N–H and O–H groups in total. The maximum Gasteiger partial charge on any atom is 0.265 e. The first kappa shape index (κ1) is 16.7. The number of halogens is 1. The number of hydrogen-bond acceptors (Lipinski definition) is 7. The summed E-state index contributed by atoms with van der Waals surface area (Å²) in [6.07, 6.45) is 5.20. The lowest BCUT2D eigenvalue weighted by atomic mass is 9.98. The quantitative estimate of drug-likeness (QED) is 0.751. The SMILES string of the molecule is Cc1oc2ncn(C)c(=O)c2c1-c1nc(C2(N)CCCC2)no1.Cl. The minimum Gasteiger partial charge on any atom is -0.442 e. The first-order valence-electron chi connectivity index (χ1n) is 7.58. The number of hydrogen-bond donors (Lipinski definition) is 1. The number of aryl methyl sites for hydroxylation is 2. The number of nitrogens with two attached hydrogens (primary N) is 1. The molecule has 8 nitrogen and oxygen atoms in total. The molecule has 0 aromatic carbocycles. The van der Waals surface area contributed by atoms with Gasteiger partial charge >= 0.3 is 0 Å². The van der Waals surface area contributed by atoms with Crippen molar-refractivity contribution in [2.24, 2.45) is 12.8 Å². The summed E-state index contributed by atoms with van der Waals surface area (Å²) in [7, 11) is 1.63. The van der Waals surface area contributed by atoms with Gasteiger partial charge in [-0.15, -0.1) is 12.4 Å². The van der Waals surface area contributed by atoms with Crippen LogP contribution >= 0.6 is 12.4 Å². The van der Waals surface area contributed by atoms with Crippen LogP contribution in [0.2, 0.25) is 0 Å². The second-order valence-corrected chi connectivity index (χ2v) is 6.16. The van der Waals surface area contributed by atoms with E-state index < -0.39 is 5.54 Å². The van der Waals surface area contributed by atoms with E-state index in [0.29, 0.717) is 22.5 Å². The van der Waals surface area contributed by atoms with Crippen LogP contribution in [-0.4, -0.2) is 19.7 Å². The smallest absolute Gasteiger partial charge is 0.265 e. The average Bonchev–Trinajstić information content (AvgIpc) is 3.21. The fourth-order valence-electron chi connectivity index (χ4n) is 3.20. The number of furan rings is 1. The highest BCUT2D eigenvalue weighted by Gasteiger charge is 2.36. The maximum atomic E-state index is 12.4. The van der Waals surface area contributed by atoms with Gasteiger partial charge in [0.2, 0.25) is 5.71 Å². The third kappa shape index (κ3) is 2.33. The van der Waals surface area contributed by atoms with Gasteiger partial charge in [-0.3, -0.25) is 4.79 Å². The van der Waals surface area contributed by atoms with Crippen LogP contribution in [0.15, 0.2) is 20.1 Å². The highest BCUT2D eigenvalue weighted by molar-refractivity contribution is 5.90. The van der Waals surface area contributed by atoms with Gasteiger partial charge in [-0.05, 0) is 19.8 Å². The molecule has 1 aliphatic rings. The molecule has 3 heterocycles. The molecule has 1 saturated carbocycles. The summed E-state index contributed by atoms with van der Waals surface area (Å²) >= 11 is 0. The minimum atomic E-state index is -0.543. The molecule has 3 aromatic heterocycles. The van der Waals surface area contributed by atoms with Crippen LogP contribution in [-0.2, 0) is 12.6 Å². The zero-order chi connectivity index (χ0) is 16.2. The molecule has 128 valence electrons. The Balaban J connectivity index is 0.00000169. The molecular weight excluding hydrogens is 334 g/mol. The van der Waals surface area contributed by atoms with Crippen LogP contribution in [0, 0.1) is 6.92 Å². The molecule has 4 rings (SSSR count). The summed E-state index contributed by atoms with van der Waals surface area (Å²) in [6, 6.07) is 0. The molecule has 0 radical (unpaired) electrons. The molecule has 0 atom stereocenters. The molecule has 3 aromatic rings. The predicted octanol–water partition coefficient (Wildman–Crippen LogP) is 2.03. The lowest BCUT2D eigenvalue weighted by Gasteiger charge is -2.17. The van der Waals surface area contributed by atoms with Crippen molar-refractivity contribution < 1.29 is 8.94 Å². The van der Waals surface area contributed by atoms with E-state index in [1.807, 2.05) is 0 Å². The third-order valence-electron chi connectivity index (χ3n) is 4.53. The molecule has 9 heteroatoms. The van der Waals surface area contributed by atoms with Crippen molar-refractivity contribution in [2.45, 2.75) is 38.1 Å². The van der Waals surface area contributed by atoms with Crippen LogP contribution in [0.25, 0.3) is 22.6 Å². The largest absolute Gasteiger partial charge is 0.442 e. The van der Waals surface area contributed by atoms with E-state index in [1.165, 1.54) is 10.9 Å². The van der Waals surface area contributed by atoms with Crippen molar-refractivity contribution in [1.29, 1.82) is 0 Å². The van der Waals surface area contributed by atoms with Crippen molar-refractivity contribution in [3.63, 3.8) is 0 Å². The Labute approximate surface area is 143 Å². The number of nitrogens with zero attached hydrogens (tertiary/aromatic N) is 4. The van der Waals surface area contributed by atoms with Crippen molar-refractivity contribution >= 4 is 23.5 Å². The Kier molecular flexibility index (Phi) is 3.97. The van der Waals surface area contributed by atoms with E-state index in [1.54, 1.807) is 14.0 Å². The Morgan fingerprint density at radius 2 is 2.04 bits per heavy atom. The Hall–Kier alpha value is -2.19. The molecule has 0 bridgehead atoms. The van der Waals surface area contributed by atoms with Gasteiger partial charge in [0, 0.05) is 7.05 Å². The first-order valence-corrected chi connectivity index (χ1v) is 7.58. The number of rotatable bonds is 2. The van der Waals surface area contributed by atoms with Crippen LogP contribution in [0.5, 0.6) is 0 Å². The Bertz CT molecular complexity index is 952. The molecule has 0 saturated heterocycles. The molecule has 0 aliphatic heterocycles. The molecule has 0 unspecified atom stereocenters. The van der Waals surface area contributed by atoms with Crippen LogP contribution < -0.4 is 11.3 Å². The van der Waals surface area contributed by atoms with Gasteiger partial charge in [-0.2, -0.15) is 4.98 Å². The van der Waals surface area contributed by atoms with Gasteiger partial charge < -0.3 is 19.2 Å². The zero-order valence-electron chi connectivity index (χ0n) is 13.4. The standard InChI is InChI=1S/C15H17N5O3.ClH/c1-8-9(10-11(22-8)17-7-20(2)13(10)21)12-18-14(19-23-12)15(16)5-3-4-6-15;/h7H,3-6,16H2,1-2H3;1H. The lowest BCUT2D eigenvalue weighted by Crippen LogP contribution is -2.34. The fourth-order valence-corrected chi connectivity index (χ4v) is 3.20. The molecule has 0 spiro atoms. The summed E-state index contributed by atoms with van der Waals surface area (Å²) in [5, 5.41) is 4.39. The zero-order valence-corrected chi connectivity index (χ0v) is 14.2. The van der Waals surface area contributed by atoms with Gasteiger partial charge in [0.15, 0.2) is 5.82 Å². The highest BCUT2D eigenvalue weighted by Crippen LogP contribution is 2.37. The molecule has 1 aliphatic carbocycles. The van der Waals surface area contributed by atoms with Gasteiger partial charge in [0.25, 0.3) is 11.4 Å². The van der Waals surface area contributed by atoms with E-state index in [4.69, 9.17) is 14.7 Å². The summed E-state index contributed by atoms with van der Waals surface area (Å²) in [5.74, 6) is 1.25. The highest BCUT2D eigenvalue weighted by atomic mass is 35.5. The summed E-state index contributed by atoms with van der Waals surface area (Å²) < 4.78 is 12.3. The van der Waals surface area contributed by atoms with E-state index >= 15 is 0 Å².